The average molecular weight is 138 g/mol. The molecule has 2 rings (SSSR count). The van der Waals surface area contributed by atoms with Gasteiger partial charge in [-0.25, -0.2) is 0 Å². The summed E-state index contributed by atoms with van der Waals surface area (Å²) in [4.78, 5) is 0. The maximum absolute atomic E-state index is 2.45. The molecule has 2 aliphatic rings. The minimum absolute atomic E-state index is 1.03. The molecule has 0 aromatic heterocycles. The van der Waals surface area contributed by atoms with E-state index in [1.807, 2.05) is 0 Å². The van der Waals surface area contributed by atoms with Crippen LogP contribution >= 0.6 is 0 Å². The van der Waals surface area contributed by atoms with Crippen molar-refractivity contribution in [2.75, 3.05) is 0 Å². The highest BCUT2D eigenvalue weighted by Crippen LogP contribution is 2.63. The Kier molecular flexibility index (Phi) is 1.33. The van der Waals surface area contributed by atoms with E-state index < -0.39 is 0 Å². The second-order valence-electron chi connectivity index (χ2n) is 4.39. The molecule has 0 saturated heterocycles. The molecule has 0 N–H and O–H groups in total. The monoisotopic (exact) mass is 138 g/mol. The van der Waals surface area contributed by atoms with Gasteiger partial charge in [0.15, 0.2) is 0 Å². The SMILES string of the molecule is CCC1C2CC(C)C(C)C12. The zero-order chi connectivity index (χ0) is 7.30. The lowest BCUT2D eigenvalue weighted by atomic mass is 9.91. The summed E-state index contributed by atoms with van der Waals surface area (Å²) in [6, 6.07) is 0. The Hall–Kier alpha value is 0. The van der Waals surface area contributed by atoms with E-state index in [2.05, 4.69) is 20.8 Å². The summed E-state index contributed by atoms with van der Waals surface area (Å²) >= 11 is 0. The summed E-state index contributed by atoms with van der Waals surface area (Å²) in [5.41, 5.74) is 0. The lowest BCUT2D eigenvalue weighted by Gasteiger charge is -2.14. The summed E-state index contributed by atoms with van der Waals surface area (Å²) < 4.78 is 0. The predicted molar refractivity (Wildman–Crippen MR) is 43.7 cm³/mol. The van der Waals surface area contributed by atoms with Crippen molar-refractivity contribution in [3.05, 3.63) is 0 Å². The molecule has 2 aliphatic carbocycles. The van der Waals surface area contributed by atoms with Gasteiger partial charge in [0.2, 0.25) is 0 Å². The molecule has 0 aliphatic heterocycles. The molecule has 0 aromatic carbocycles. The topological polar surface area (TPSA) is 0 Å². The van der Waals surface area contributed by atoms with Crippen LogP contribution in [0.15, 0.2) is 0 Å². The van der Waals surface area contributed by atoms with Crippen molar-refractivity contribution < 1.29 is 0 Å². The summed E-state index contributed by atoms with van der Waals surface area (Å²) in [6.45, 7) is 7.22. The van der Waals surface area contributed by atoms with Crippen molar-refractivity contribution in [1.82, 2.24) is 0 Å². The van der Waals surface area contributed by atoms with Crippen molar-refractivity contribution >= 4 is 0 Å². The minimum atomic E-state index is 1.03. The van der Waals surface area contributed by atoms with E-state index in [-0.39, 0.29) is 0 Å². The third kappa shape index (κ3) is 0.681. The van der Waals surface area contributed by atoms with Crippen LogP contribution in [0.25, 0.3) is 0 Å². The molecule has 10 heavy (non-hydrogen) atoms. The second-order valence-corrected chi connectivity index (χ2v) is 4.39. The van der Waals surface area contributed by atoms with Gasteiger partial charge in [0, 0.05) is 0 Å². The summed E-state index contributed by atoms with van der Waals surface area (Å²) in [6.07, 6.45) is 2.97. The van der Waals surface area contributed by atoms with Gasteiger partial charge in [-0.1, -0.05) is 27.2 Å². The van der Waals surface area contributed by atoms with Crippen molar-refractivity contribution in [3.63, 3.8) is 0 Å². The zero-order valence-corrected chi connectivity index (χ0v) is 7.30. The van der Waals surface area contributed by atoms with E-state index in [4.69, 9.17) is 0 Å². The zero-order valence-electron chi connectivity index (χ0n) is 7.30. The molecule has 5 atom stereocenters. The Morgan fingerprint density at radius 3 is 2.40 bits per heavy atom. The molecular weight excluding hydrogens is 120 g/mol. The van der Waals surface area contributed by atoms with E-state index in [1.54, 1.807) is 0 Å². The Morgan fingerprint density at radius 1 is 1.30 bits per heavy atom. The molecule has 2 fully saturated rings. The molecule has 0 amide bonds. The fraction of sp³-hybridized carbons (Fsp3) is 1.00. The first-order valence-electron chi connectivity index (χ1n) is 4.75. The van der Waals surface area contributed by atoms with E-state index in [0.717, 1.165) is 29.6 Å². The normalized spacial score (nSPS) is 58.5. The largest absolute Gasteiger partial charge is 0.0651 e. The maximum Gasteiger partial charge on any atom is -0.0324 e. The van der Waals surface area contributed by atoms with Crippen LogP contribution in [0, 0.1) is 29.6 Å². The molecule has 5 unspecified atom stereocenters. The van der Waals surface area contributed by atoms with Gasteiger partial charge in [0.25, 0.3) is 0 Å². The molecule has 0 aromatic rings. The minimum Gasteiger partial charge on any atom is -0.0651 e. The van der Waals surface area contributed by atoms with Gasteiger partial charge in [-0.15, -0.1) is 0 Å². The fourth-order valence-electron chi connectivity index (χ4n) is 3.18. The van der Waals surface area contributed by atoms with Crippen LogP contribution in [-0.2, 0) is 0 Å². The Balaban J connectivity index is 2.00. The number of rotatable bonds is 1. The van der Waals surface area contributed by atoms with E-state index in [1.165, 1.54) is 12.8 Å². The van der Waals surface area contributed by atoms with Crippen LogP contribution < -0.4 is 0 Å². The first-order chi connectivity index (χ1) is 4.75. The third-order valence-electron chi connectivity index (χ3n) is 4.02. The second kappa shape index (κ2) is 1.99. The molecule has 0 nitrogen and oxygen atoms in total. The van der Waals surface area contributed by atoms with Gasteiger partial charge in [0.05, 0.1) is 0 Å². The average Bonchev–Trinajstić information content (AvgIpc) is 2.52. The van der Waals surface area contributed by atoms with Gasteiger partial charge in [-0.3, -0.25) is 0 Å². The highest BCUT2D eigenvalue weighted by atomic mass is 14.6. The number of hydrogen-bond acceptors (Lipinski definition) is 0. The molecular formula is C10H18. The standard InChI is InChI=1S/C10H18/c1-4-8-9-5-6(2)7(3)10(8)9/h6-10H,4-5H2,1-3H3. The van der Waals surface area contributed by atoms with Crippen LogP contribution in [-0.4, -0.2) is 0 Å². The van der Waals surface area contributed by atoms with Crippen LogP contribution in [0.3, 0.4) is 0 Å². The number of fused-ring (bicyclic) bond motifs is 1. The maximum atomic E-state index is 2.45. The lowest BCUT2D eigenvalue weighted by Crippen LogP contribution is -2.06. The highest BCUT2D eigenvalue weighted by molar-refractivity contribution is 5.05. The van der Waals surface area contributed by atoms with Crippen molar-refractivity contribution in [2.24, 2.45) is 29.6 Å². The van der Waals surface area contributed by atoms with Gasteiger partial charge < -0.3 is 0 Å². The molecule has 2 saturated carbocycles. The van der Waals surface area contributed by atoms with Gasteiger partial charge in [-0.05, 0) is 36.0 Å². The lowest BCUT2D eigenvalue weighted by molar-refractivity contribution is 0.352. The summed E-state index contributed by atoms with van der Waals surface area (Å²) in [5, 5.41) is 0. The highest BCUT2D eigenvalue weighted by Gasteiger charge is 2.57. The van der Waals surface area contributed by atoms with E-state index >= 15 is 0 Å². The van der Waals surface area contributed by atoms with Crippen LogP contribution in [0.2, 0.25) is 0 Å². The first kappa shape index (κ1) is 6.69. The van der Waals surface area contributed by atoms with Crippen molar-refractivity contribution in [3.8, 4) is 0 Å². The first-order valence-corrected chi connectivity index (χ1v) is 4.75. The van der Waals surface area contributed by atoms with E-state index in [9.17, 15) is 0 Å². The molecule has 0 spiro atoms. The fourth-order valence-corrected chi connectivity index (χ4v) is 3.18. The molecule has 0 bridgehead atoms. The van der Waals surface area contributed by atoms with Crippen molar-refractivity contribution in [2.45, 2.75) is 33.6 Å². The van der Waals surface area contributed by atoms with Crippen LogP contribution in [0.5, 0.6) is 0 Å². The van der Waals surface area contributed by atoms with Gasteiger partial charge in [0.1, 0.15) is 0 Å². The molecule has 0 radical (unpaired) electrons. The molecule has 0 heteroatoms. The Morgan fingerprint density at radius 2 is 2.00 bits per heavy atom. The summed E-state index contributed by atoms with van der Waals surface area (Å²) in [7, 11) is 0. The number of hydrogen-bond donors (Lipinski definition) is 0. The van der Waals surface area contributed by atoms with Crippen molar-refractivity contribution in [1.29, 1.82) is 0 Å². The quantitative estimate of drug-likeness (QED) is 0.522. The Labute approximate surface area is 64.0 Å². The predicted octanol–water partition coefficient (Wildman–Crippen LogP) is 2.93. The summed E-state index contributed by atoms with van der Waals surface area (Å²) in [5.74, 6) is 5.48. The molecule has 58 valence electrons. The Bertz CT molecular complexity index is 139. The smallest absolute Gasteiger partial charge is 0.0324 e. The van der Waals surface area contributed by atoms with Gasteiger partial charge >= 0.3 is 0 Å². The molecule has 0 heterocycles. The van der Waals surface area contributed by atoms with Gasteiger partial charge in [-0.2, -0.15) is 0 Å². The van der Waals surface area contributed by atoms with Crippen LogP contribution in [0.4, 0.5) is 0 Å². The van der Waals surface area contributed by atoms with E-state index in [0.29, 0.717) is 0 Å². The van der Waals surface area contributed by atoms with Crippen LogP contribution in [0.1, 0.15) is 33.6 Å². The third-order valence-corrected chi connectivity index (χ3v) is 4.02.